The fraction of sp³-hybridized carbons (Fsp3) is 0.312. The Hall–Kier alpha value is -2.43. The van der Waals surface area contributed by atoms with E-state index in [1.54, 1.807) is 6.20 Å². The SMILES string of the molecule is CCCN1C(=O)CC(Nc2ccc3ncccc3c2)C1=O. The van der Waals surface area contributed by atoms with E-state index in [9.17, 15) is 9.59 Å². The van der Waals surface area contributed by atoms with Crippen molar-refractivity contribution in [2.45, 2.75) is 25.8 Å². The van der Waals surface area contributed by atoms with Gasteiger partial charge in [-0.2, -0.15) is 0 Å². The molecule has 1 atom stereocenters. The standard InChI is InChI=1S/C16H17N3O2/c1-2-8-19-15(20)10-14(16(19)21)18-12-5-6-13-11(9-12)4-3-7-17-13/h3-7,9,14,18H,2,8,10H2,1H3. The number of rotatable bonds is 4. The second kappa shape index (κ2) is 5.52. The molecule has 0 bridgehead atoms. The molecule has 1 aromatic heterocycles. The topological polar surface area (TPSA) is 62.3 Å². The Labute approximate surface area is 123 Å². The molecule has 2 amide bonds. The predicted octanol–water partition coefficient (Wildman–Crippen LogP) is 2.18. The fourth-order valence-corrected chi connectivity index (χ4v) is 2.62. The number of likely N-dealkylation sites (tertiary alicyclic amines) is 1. The van der Waals surface area contributed by atoms with Crippen molar-refractivity contribution in [3.63, 3.8) is 0 Å². The van der Waals surface area contributed by atoms with E-state index in [0.29, 0.717) is 6.54 Å². The van der Waals surface area contributed by atoms with Gasteiger partial charge in [0.25, 0.3) is 5.91 Å². The number of benzene rings is 1. The van der Waals surface area contributed by atoms with E-state index in [1.165, 1.54) is 4.90 Å². The van der Waals surface area contributed by atoms with Crippen LogP contribution in [-0.2, 0) is 9.59 Å². The normalized spacial score (nSPS) is 18.5. The zero-order chi connectivity index (χ0) is 14.8. The smallest absolute Gasteiger partial charge is 0.252 e. The predicted molar refractivity (Wildman–Crippen MR) is 80.8 cm³/mol. The van der Waals surface area contributed by atoms with Gasteiger partial charge in [-0.25, -0.2) is 0 Å². The number of hydrogen-bond acceptors (Lipinski definition) is 4. The lowest BCUT2D eigenvalue weighted by atomic mass is 10.1. The van der Waals surface area contributed by atoms with E-state index >= 15 is 0 Å². The lowest BCUT2D eigenvalue weighted by Gasteiger charge is -2.15. The van der Waals surface area contributed by atoms with Gasteiger partial charge in [-0.05, 0) is 30.7 Å². The van der Waals surface area contributed by atoms with Gasteiger partial charge in [-0.15, -0.1) is 0 Å². The van der Waals surface area contributed by atoms with E-state index in [2.05, 4.69) is 10.3 Å². The van der Waals surface area contributed by atoms with Gasteiger partial charge in [-0.1, -0.05) is 13.0 Å². The van der Waals surface area contributed by atoms with E-state index in [0.717, 1.165) is 23.0 Å². The van der Waals surface area contributed by atoms with E-state index < -0.39 is 6.04 Å². The van der Waals surface area contributed by atoms with Crippen molar-refractivity contribution in [2.24, 2.45) is 0 Å². The highest BCUT2D eigenvalue weighted by Gasteiger charge is 2.37. The van der Waals surface area contributed by atoms with Crippen molar-refractivity contribution in [1.29, 1.82) is 0 Å². The Balaban J connectivity index is 1.79. The zero-order valence-electron chi connectivity index (χ0n) is 11.9. The lowest BCUT2D eigenvalue weighted by Crippen LogP contribution is -2.35. The van der Waals surface area contributed by atoms with Crippen LogP contribution in [0.25, 0.3) is 10.9 Å². The number of carbonyl (C=O) groups excluding carboxylic acids is 2. The monoisotopic (exact) mass is 283 g/mol. The first kappa shape index (κ1) is 13.5. The van der Waals surface area contributed by atoms with Crippen LogP contribution in [-0.4, -0.2) is 34.3 Å². The van der Waals surface area contributed by atoms with Crippen molar-refractivity contribution in [1.82, 2.24) is 9.88 Å². The number of fused-ring (bicyclic) bond motifs is 1. The average molecular weight is 283 g/mol. The molecule has 1 aliphatic rings. The number of carbonyl (C=O) groups is 2. The number of nitrogens with zero attached hydrogens (tertiary/aromatic N) is 2. The van der Waals surface area contributed by atoms with Gasteiger partial charge in [0.05, 0.1) is 11.9 Å². The average Bonchev–Trinajstić information content (AvgIpc) is 2.75. The molecule has 5 nitrogen and oxygen atoms in total. The highest BCUT2D eigenvalue weighted by molar-refractivity contribution is 6.06. The van der Waals surface area contributed by atoms with E-state index in [1.807, 2.05) is 37.3 Å². The third kappa shape index (κ3) is 2.59. The van der Waals surface area contributed by atoms with Crippen LogP contribution in [0.2, 0.25) is 0 Å². The van der Waals surface area contributed by atoms with Crippen LogP contribution in [0.3, 0.4) is 0 Å². The van der Waals surface area contributed by atoms with Crippen LogP contribution < -0.4 is 5.32 Å². The molecule has 0 spiro atoms. The summed E-state index contributed by atoms with van der Waals surface area (Å²) in [6.45, 7) is 2.45. The maximum absolute atomic E-state index is 12.2. The third-order valence-electron chi connectivity index (χ3n) is 3.64. The Bertz CT molecular complexity index is 699. The Morgan fingerprint density at radius 1 is 1.33 bits per heavy atom. The quantitative estimate of drug-likeness (QED) is 0.874. The number of nitrogens with one attached hydrogen (secondary N) is 1. The summed E-state index contributed by atoms with van der Waals surface area (Å²) in [5, 5.41) is 4.17. The van der Waals surface area contributed by atoms with Crippen molar-refractivity contribution in [2.75, 3.05) is 11.9 Å². The first-order valence-electron chi connectivity index (χ1n) is 7.14. The third-order valence-corrected chi connectivity index (χ3v) is 3.64. The van der Waals surface area contributed by atoms with Crippen molar-refractivity contribution >= 4 is 28.4 Å². The van der Waals surface area contributed by atoms with Gasteiger partial charge in [0.1, 0.15) is 6.04 Å². The molecule has 108 valence electrons. The van der Waals surface area contributed by atoms with Crippen LogP contribution in [0.4, 0.5) is 5.69 Å². The number of amides is 2. The summed E-state index contributed by atoms with van der Waals surface area (Å²) in [5.41, 5.74) is 1.74. The maximum Gasteiger partial charge on any atom is 0.252 e. The molecular formula is C16H17N3O2. The second-order valence-corrected chi connectivity index (χ2v) is 5.20. The Morgan fingerprint density at radius 2 is 2.19 bits per heavy atom. The van der Waals surface area contributed by atoms with Crippen LogP contribution >= 0.6 is 0 Å². The lowest BCUT2D eigenvalue weighted by molar-refractivity contribution is -0.138. The van der Waals surface area contributed by atoms with Crippen LogP contribution in [0.1, 0.15) is 19.8 Å². The summed E-state index contributed by atoms with van der Waals surface area (Å²) in [7, 11) is 0. The van der Waals surface area contributed by atoms with Crippen molar-refractivity contribution in [3.8, 4) is 0 Å². The molecule has 1 N–H and O–H groups in total. The Kier molecular flexibility index (Phi) is 3.56. The van der Waals surface area contributed by atoms with E-state index in [4.69, 9.17) is 0 Å². The molecule has 0 aliphatic carbocycles. The molecule has 21 heavy (non-hydrogen) atoms. The second-order valence-electron chi connectivity index (χ2n) is 5.20. The van der Waals surface area contributed by atoms with Crippen LogP contribution in [0.15, 0.2) is 36.5 Å². The first-order valence-corrected chi connectivity index (χ1v) is 7.14. The van der Waals surface area contributed by atoms with Crippen LogP contribution in [0, 0.1) is 0 Å². The van der Waals surface area contributed by atoms with Gasteiger partial charge < -0.3 is 5.32 Å². The summed E-state index contributed by atoms with van der Waals surface area (Å²) in [5.74, 6) is -0.227. The summed E-state index contributed by atoms with van der Waals surface area (Å²) >= 11 is 0. The fourth-order valence-electron chi connectivity index (χ4n) is 2.62. The molecule has 0 radical (unpaired) electrons. The molecule has 2 aromatic rings. The van der Waals surface area contributed by atoms with E-state index in [-0.39, 0.29) is 18.2 Å². The summed E-state index contributed by atoms with van der Waals surface area (Å²) in [6.07, 6.45) is 2.76. The molecule has 1 saturated heterocycles. The summed E-state index contributed by atoms with van der Waals surface area (Å²) in [6, 6.07) is 9.12. The molecular weight excluding hydrogens is 266 g/mol. The van der Waals surface area contributed by atoms with Gasteiger partial charge in [0.2, 0.25) is 5.91 Å². The minimum Gasteiger partial charge on any atom is -0.373 e. The van der Waals surface area contributed by atoms with Gasteiger partial charge >= 0.3 is 0 Å². The van der Waals surface area contributed by atoms with Crippen LogP contribution in [0.5, 0.6) is 0 Å². The largest absolute Gasteiger partial charge is 0.373 e. The number of imide groups is 1. The number of aromatic nitrogens is 1. The molecule has 2 heterocycles. The molecule has 1 aliphatic heterocycles. The van der Waals surface area contributed by atoms with Crippen molar-refractivity contribution < 1.29 is 9.59 Å². The highest BCUT2D eigenvalue weighted by atomic mass is 16.2. The molecule has 1 fully saturated rings. The summed E-state index contributed by atoms with van der Waals surface area (Å²) in [4.78, 5) is 29.7. The van der Waals surface area contributed by atoms with Gasteiger partial charge in [0, 0.05) is 23.8 Å². The Morgan fingerprint density at radius 3 is 3.00 bits per heavy atom. The first-order chi connectivity index (χ1) is 10.2. The van der Waals surface area contributed by atoms with Gasteiger partial charge in [-0.3, -0.25) is 19.5 Å². The summed E-state index contributed by atoms with van der Waals surface area (Å²) < 4.78 is 0. The minimum atomic E-state index is -0.460. The van der Waals surface area contributed by atoms with Crippen molar-refractivity contribution in [3.05, 3.63) is 36.5 Å². The molecule has 1 unspecified atom stereocenters. The number of anilines is 1. The number of hydrogen-bond donors (Lipinski definition) is 1. The minimum absolute atomic E-state index is 0.0956. The highest BCUT2D eigenvalue weighted by Crippen LogP contribution is 2.21. The number of pyridine rings is 1. The molecule has 5 heteroatoms. The maximum atomic E-state index is 12.2. The molecule has 0 saturated carbocycles. The van der Waals surface area contributed by atoms with Gasteiger partial charge in [0.15, 0.2) is 0 Å². The molecule has 1 aromatic carbocycles. The zero-order valence-corrected chi connectivity index (χ0v) is 11.9. The molecule has 3 rings (SSSR count).